The molecule has 0 bridgehead atoms. The number of hydrogen-bond acceptors (Lipinski definition) is 4. The van der Waals surface area contributed by atoms with Gasteiger partial charge in [0.05, 0.1) is 18.9 Å². The summed E-state index contributed by atoms with van der Waals surface area (Å²) in [5, 5.41) is 0. The number of para-hydroxylation sites is 1. The van der Waals surface area contributed by atoms with Crippen LogP contribution in [-0.4, -0.2) is 19.0 Å². The van der Waals surface area contributed by atoms with Crippen molar-refractivity contribution < 1.29 is 14.3 Å². The van der Waals surface area contributed by atoms with Crippen LogP contribution in [0.5, 0.6) is 0 Å². The van der Waals surface area contributed by atoms with E-state index in [4.69, 9.17) is 4.74 Å². The first kappa shape index (κ1) is 14.8. The Hall–Kier alpha value is -2.62. The number of methoxy groups -OCH3 is 1. The van der Waals surface area contributed by atoms with Crippen molar-refractivity contribution in [3.63, 3.8) is 0 Å². The number of aliphatic imine (C=N–C) groups is 1. The third-order valence-electron chi connectivity index (χ3n) is 2.95. The van der Waals surface area contributed by atoms with Crippen molar-refractivity contribution in [3.05, 3.63) is 59.7 Å². The lowest BCUT2D eigenvalue weighted by molar-refractivity contribution is -0.134. The van der Waals surface area contributed by atoms with Gasteiger partial charge in [-0.2, -0.15) is 0 Å². The lowest BCUT2D eigenvalue weighted by atomic mass is 10.1. The number of allylic oxidation sites excluding steroid dienone is 2. The molecule has 108 valence electrons. The Labute approximate surface area is 124 Å². The fourth-order valence-corrected chi connectivity index (χ4v) is 1.94. The molecule has 0 fully saturated rings. The van der Waals surface area contributed by atoms with Crippen LogP contribution in [0.15, 0.2) is 59.1 Å². The van der Waals surface area contributed by atoms with E-state index in [0.717, 1.165) is 16.8 Å². The molecule has 4 heteroatoms. The second-order valence-electron chi connectivity index (χ2n) is 4.31. The van der Waals surface area contributed by atoms with Gasteiger partial charge < -0.3 is 9.47 Å². The molecule has 1 aromatic carbocycles. The van der Waals surface area contributed by atoms with E-state index in [1.165, 1.54) is 13.2 Å². The molecule has 0 saturated heterocycles. The fourth-order valence-electron chi connectivity index (χ4n) is 1.94. The number of hydrogen-bond donors (Lipinski definition) is 0. The summed E-state index contributed by atoms with van der Waals surface area (Å²) < 4.78 is 10.5. The standard InChI is InChI=1S/C17H17NO3/c1-4-8-12(5-2)17-18-14-10-7-6-9-13(14)15(21-17)11-16(19)20-3/h4-11H,1-3H3/b8-4-,12-5+,15-11-. The van der Waals surface area contributed by atoms with Crippen molar-refractivity contribution in [2.45, 2.75) is 13.8 Å². The Kier molecular flexibility index (Phi) is 4.72. The van der Waals surface area contributed by atoms with Gasteiger partial charge in [-0.3, -0.25) is 0 Å². The van der Waals surface area contributed by atoms with Gasteiger partial charge >= 0.3 is 5.97 Å². The zero-order valence-electron chi connectivity index (χ0n) is 12.3. The molecule has 0 radical (unpaired) electrons. The van der Waals surface area contributed by atoms with Gasteiger partial charge in [-0.1, -0.05) is 30.4 Å². The molecule has 0 N–H and O–H groups in total. The largest absolute Gasteiger partial charge is 0.466 e. The molecule has 1 aliphatic rings. The van der Waals surface area contributed by atoms with Crippen LogP contribution in [-0.2, 0) is 14.3 Å². The number of fused-ring (bicyclic) bond motifs is 1. The molecule has 1 heterocycles. The van der Waals surface area contributed by atoms with Crippen LogP contribution in [0.4, 0.5) is 5.69 Å². The Balaban J connectivity index is 2.52. The minimum atomic E-state index is -0.464. The summed E-state index contributed by atoms with van der Waals surface area (Å²) in [6.45, 7) is 3.83. The van der Waals surface area contributed by atoms with E-state index in [1.807, 2.05) is 56.3 Å². The molecular formula is C17H17NO3. The van der Waals surface area contributed by atoms with E-state index in [0.29, 0.717) is 11.7 Å². The molecule has 1 aliphatic heterocycles. The smallest absolute Gasteiger partial charge is 0.334 e. The van der Waals surface area contributed by atoms with Crippen LogP contribution in [0.1, 0.15) is 19.4 Å². The summed E-state index contributed by atoms with van der Waals surface area (Å²) in [7, 11) is 1.33. The lowest BCUT2D eigenvalue weighted by Crippen LogP contribution is -2.12. The van der Waals surface area contributed by atoms with Gasteiger partial charge in [-0.25, -0.2) is 9.79 Å². The van der Waals surface area contributed by atoms with Gasteiger partial charge in [0.1, 0.15) is 5.76 Å². The second kappa shape index (κ2) is 6.70. The van der Waals surface area contributed by atoms with Crippen LogP contribution >= 0.6 is 0 Å². The van der Waals surface area contributed by atoms with Crippen LogP contribution < -0.4 is 0 Å². The van der Waals surface area contributed by atoms with E-state index in [2.05, 4.69) is 9.73 Å². The van der Waals surface area contributed by atoms with Crippen molar-refractivity contribution in [1.29, 1.82) is 0 Å². The Morgan fingerprint density at radius 2 is 2.05 bits per heavy atom. The second-order valence-corrected chi connectivity index (χ2v) is 4.31. The molecule has 0 saturated carbocycles. The van der Waals surface area contributed by atoms with Gasteiger partial charge in [0, 0.05) is 11.1 Å². The van der Waals surface area contributed by atoms with Crippen molar-refractivity contribution >= 4 is 23.3 Å². The van der Waals surface area contributed by atoms with Crippen LogP contribution in [0, 0.1) is 0 Å². The highest BCUT2D eigenvalue weighted by Gasteiger charge is 2.20. The highest BCUT2D eigenvalue weighted by Crippen LogP contribution is 2.33. The third kappa shape index (κ3) is 3.28. The van der Waals surface area contributed by atoms with E-state index in [-0.39, 0.29) is 0 Å². The monoisotopic (exact) mass is 283 g/mol. The summed E-state index contributed by atoms with van der Waals surface area (Å²) in [6.07, 6.45) is 7.05. The third-order valence-corrected chi connectivity index (χ3v) is 2.95. The van der Waals surface area contributed by atoms with Gasteiger partial charge in [-0.05, 0) is 26.0 Å². The van der Waals surface area contributed by atoms with Crippen LogP contribution in [0.25, 0.3) is 5.76 Å². The first-order valence-electron chi connectivity index (χ1n) is 6.64. The highest BCUT2D eigenvalue weighted by molar-refractivity contribution is 6.05. The highest BCUT2D eigenvalue weighted by atomic mass is 16.5. The summed E-state index contributed by atoms with van der Waals surface area (Å²) >= 11 is 0. The lowest BCUT2D eigenvalue weighted by Gasteiger charge is -2.19. The first-order valence-corrected chi connectivity index (χ1v) is 6.64. The van der Waals surface area contributed by atoms with E-state index < -0.39 is 5.97 Å². The summed E-state index contributed by atoms with van der Waals surface area (Å²) in [5.41, 5.74) is 2.38. The quantitative estimate of drug-likeness (QED) is 0.482. The summed E-state index contributed by atoms with van der Waals surface area (Å²) in [5.74, 6) is 0.435. The van der Waals surface area contributed by atoms with Crippen molar-refractivity contribution in [2.24, 2.45) is 4.99 Å². The van der Waals surface area contributed by atoms with Crippen molar-refractivity contribution in [2.75, 3.05) is 7.11 Å². The maximum atomic E-state index is 11.5. The topological polar surface area (TPSA) is 47.9 Å². The zero-order valence-corrected chi connectivity index (χ0v) is 12.3. The predicted octanol–water partition coefficient (Wildman–Crippen LogP) is 3.78. The molecule has 0 unspecified atom stereocenters. The number of carbonyl (C=O) groups is 1. The van der Waals surface area contributed by atoms with Gasteiger partial charge in [0.25, 0.3) is 0 Å². The molecule has 4 nitrogen and oxygen atoms in total. The molecule has 0 aliphatic carbocycles. The predicted molar refractivity (Wildman–Crippen MR) is 83.2 cm³/mol. The SMILES string of the molecule is C/C=C\C(=C/C)C1=Nc2ccccc2/C(=C/C(=O)OC)O1. The Bertz CT molecular complexity index is 666. The van der Waals surface area contributed by atoms with E-state index in [1.54, 1.807) is 0 Å². The normalized spacial score (nSPS) is 16.4. The average molecular weight is 283 g/mol. The summed E-state index contributed by atoms with van der Waals surface area (Å²) in [4.78, 5) is 16.0. The maximum Gasteiger partial charge on any atom is 0.334 e. The number of nitrogens with zero attached hydrogens (tertiary/aromatic N) is 1. The van der Waals surface area contributed by atoms with Crippen molar-refractivity contribution in [1.82, 2.24) is 0 Å². The summed E-state index contributed by atoms with van der Waals surface area (Å²) in [6, 6.07) is 7.50. The molecule has 0 atom stereocenters. The van der Waals surface area contributed by atoms with Gasteiger partial charge in [0.15, 0.2) is 0 Å². The first-order chi connectivity index (χ1) is 10.2. The van der Waals surface area contributed by atoms with Crippen LogP contribution in [0.3, 0.4) is 0 Å². The Morgan fingerprint density at radius 3 is 2.71 bits per heavy atom. The number of carbonyl (C=O) groups excluding carboxylic acids is 1. The molecular weight excluding hydrogens is 266 g/mol. The average Bonchev–Trinajstić information content (AvgIpc) is 2.52. The Morgan fingerprint density at radius 1 is 1.29 bits per heavy atom. The molecule has 0 aromatic heterocycles. The van der Waals surface area contributed by atoms with Crippen molar-refractivity contribution in [3.8, 4) is 0 Å². The van der Waals surface area contributed by atoms with Gasteiger partial charge in [-0.15, -0.1) is 0 Å². The zero-order chi connectivity index (χ0) is 15.2. The number of esters is 1. The molecule has 2 rings (SSSR count). The van der Waals surface area contributed by atoms with E-state index in [9.17, 15) is 4.79 Å². The van der Waals surface area contributed by atoms with Gasteiger partial charge in [0.2, 0.25) is 5.90 Å². The number of ether oxygens (including phenoxy) is 2. The minimum Gasteiger partial charge on any atom is -0.466 e. The molecule has 21 heavy (non-hydrogen) atoms. The van der Waals surface area contributed by atoms with E-state index >= 15 is 0 Å². The van der Waals surface area contributed by atoms with Crippen LogP contribution in [0.2, 0.25) is 0 Å². The number of rotatable bonds is 3. The molecule has 0 amide bonds. The maximum absolute atomic E-state index is 11.5. The molecule has 1 aromatic rings. The fraction of sp³-hybridized carbons (Fsp3) is 0.176. The number of benzene rings is 1. The molecule has 0 spiro atoms. The minimum absolute atomic E-state index is 0.436.